The highest BCUT2D eigenvalue weighted by molar-refractivity contribution is 7.89. The molecule has 1 N–H and O–H groups in total. The predicted molar refractivity (Wildman–Crippen MR) is 56.4 cm³/mol. The average Bonchev–Trinajstić information content (AvgIpc) is 2.46. The average molecular weight is 230 g/mol. The van der Waals surface area contributed by atoms with E-state index < -0.39 is 10.0 Å². The summed E-state index contributed by atoms with van der Waals surface area (Å²) in [6.45, 7) is 2.77. The van der Waals surface area contributed by atoms with Gasteiger partial charge in [0.15, 0.2) is 0 Å². The van der Waals surface area contributed by atoms with E-state index in [2.05, 4.69) is 17.2 Å². The molecular weight excluding hydrogens is 216 g/mol. The second-order valence-corrected chi connectivity index (χ2v) is 5.29. The van der Waals surface area contributed by atoms with E-state index in [1.807, 2.05) is 0 Å². The Morgan fingerprint density at radius 2 is 2.27 bits per heavy atom. The fourth-order valence-electron chi connectivity index (χ4n) is 1.39. The van der Waals surface area contributed by atoms with Crippen LogP contribution in [-0.4, -0.2) is 44.0 Å². The van der Waals surface area contributed by atoms with Crippen LogP contribution in [0.25, 0.3) is 0 Å². The summed E-state index contributed by atoms with van der Waals surface area (Å²) >= 11 is 0. The van der Waals surface area contributed by atoms with Crippen LogP contribution in [0.1, 0.15) is 13.3 Å². The quantitative estimate of drug-likeness (QED) is 0.643. The summed E-state index contributed by atoms with van der Waals surface area (Å²) in [7, 11) is -3.05. The summed E-state index contributed by atoms with van der Waals surface area (Å²) in [4.78, 5) is 10.9. The van der Waals surface area contributed by atoms with E-state index in [1.54, 1.807) is 6.92 Å². The number of sulfonamides is 1. The number of nitrogens with one attached hydrogen (secondary N) is 1. The highest BCUT2D eigenvalue weighted by Gasteiger charge is 2.27. The van der Waals surface area contributed by atoms with Crippen molar-refractivity contribution in [3.8, 4) is 11.8 Å². The van der Waals surface area contributed by atoms with Crippen LogP contribution in [0, 0.1) is 11.8 Å². The van der Waals surface area contributed by atoms with Gasteiger partial charge in [0.25, 0.3) is 5.91 Å². The van der Waals surface area contributed by atoms with Crippen molar-refractivity contribution in [3.63, 3.8) is 0 Å². The lowest BCUT2D eigenvalue weighted by atomic mass is 10.4. The summed E-state index contributed by atoms with van der Waals surface area (Å²) in [6.07, 6.45) is 0.672. The Morgan fingerprint density at radius 1 is 1.53 bits per heavy atom. The molecule has 1 rings (SSSR count). The first-order valence-corrected chi connectivity index (χ1v) is 6.35. The van der Waals surface area contributed by atoms with E-state index in [4.69, 9.17) is 0 Å². The second-order valence-electron chi connectivity index (χ2n) is 3.20. The lowest BCUT2D eigenvalue weighted by Crippen LogP contribution is -2.35. The molecule has 1 amide bonds. The van der Waals surface area contributed by atoms with Gasteiger partial charge in [0.2, 0.25) is 10.0 Å². The molecule has 0 spiro atoms. The van der Waals surface area contributed by atoms with Gasteiger partial charge in [0.05, 0.1) is 5.75 Å². The molecule has 1 aliphatic heterocycles. The van der Waals surface area contributed by atoms with Crippen LogP contribution in [-0.2, 0) is 14.8 Å². The van der Waals surface area contributed by atoms with Crippen LogP contribution in [0.4, 0.5) is 0 Å². The third-order valence-electron chi connectivity index (χ3n) is 2.09. The number of hydrogen-bond donors (Lipinski definition) is 1. The Bertz CT molecular complexity index is 391. The molecule has 1 saturated heterocycles. The molecule has 0 radical (unpaired) electrons. The maximum Gasteiger partial charge on any atom is 0.295 e. The highest BCUT2D eigenvalue weighted by atomic mass is 32.2. The summed E-state index contributed by atoms with van der Waals surface area (Å²) in [5, 5.41) is 2.53. The Morgan fingerprint density at radius 3 is 2.80 bits per heavy atom. The minimum atomic E-state index is -3.05. The fraction of sp³-hybridized carbons (Fsp3) is 0.667. The fourth-order valence-corrected chi connectivity index (χ4v) is 2.92. The van der Waals surface area contributed by atoms with E-state index in [0.29, 0.717) is 26.1 Å². The van der Waals surface area contributed by atoms with Crippen LogP contribution in [0.3, 0.4) is 0 Å². The monoisotopic (exact) mass is 230 g/mol. The number of hydrogen-bond acceptors (Lipinski definition) is 3. The Hall–Kier alpha value is -1.06. The van der Waals surface area contributed by atoms with Gasteiger partial charge in [-0.1, -0.05) is 5.92 Å². The van der Waals surface area contributed by atoms with Crippen molar-refractivity contribution in [1.82, 2.24) is 9.62 Å². The minimum Gasteiger partial charge on any atom is -0.344 e. The zero-order valence-electron chi connectivity index (χ0n) is 8.62. The predicted octanol–water partition coefficient (Wildman–Crippen LogP) is -0.839. The van der Waals surface area contributed by atoms with E-state index in [-0.39, 0.29) is 11.7 Å². The topological polar surface area (TPSA) is 66.5 Å². The summed E-state index contributed by atoms with van der Waals surface area (Å²) in [5.74, 6) is 4.64. The first-order valence-electron chi connectivity index (χ1n) is 4.74. The maximum atomic E-state index is 11.3. The van der Waals surface area contributed by atoms with E-state index in [0.717, 1.165) is 0 Å². The van der Waals surface area contributed by atoms with Crippen LogP contribution in [0.15, 0.2) is 0 Å². The van der Waals surface area contributed by atoms with Crippen molar-refractivity contribution in [2.75, 3.05) is 25.4 Å². The van der Waals surface area contributed by atoms with Crippen molar-refractivity contribution in [2.45, 2.75) is 13.3 Å². The molecule has 0 bridgehead atoms. The van der Waals surface area contributed by atoms with Gasteiger partial charge in [-0.15, -0.1) is 0 Å². The standard InChI is InChI=1S/C9H14N2O3S/c1-2-4-9(12)10-5-7-11-6-3-8-15(11,13)14/h3,5-8H2,1H3,(H,10,12). The molecule has 15 heavy (non-hydrogen) atoms. The number of carbonyl (C=O) groups is 1. The molecular formula is C9H14N2O3S. The van der Waals surface area contributed by atoms with Gasteiger partial charge in [0, 0.05) is 19.6 Å². The molecule has 0 unspecified atom stereocenters. The van der Waals surface area contributed by atoms with Gasteiger partial charge in [-0.05, 0) is 19.3 Å². The summed E-state index contributed by atoms with van der Waals surface area (Å²) in [5.41, 5.74) is 0. The molecule has 0 aromatic carbocycles. The molecule has 6 heteroatoms. The van der Waals surface area contributed by atoms with E-state index in [1.165, 1.54) is 4.31 Å². The zero-order valence-corrected chi connectivity index (χ0v) is 9.43. The van der Waals surface area contributed by atoms with E-state index >= 15 is 0 Å². The molecule has 1 fully saturated rings. The number of carbonyl (C=O) groups excluding carboxylic acids is 1. The molecule has 1 aliphatic rings. The van der Waals surface area contributed by atoms with Gasteiger partial charge < -0.3 is 5.32 Å². The minimum absolute atomic E-state index is 0.218. The Kier molecular flexibility index (Phi) is 4.12. The Labute approximate surface area is 89.9 Å². The van der Waals surface area contributed by atoms with Gasteiger partial charge in [0.1, 0.15) is 0 Å². The number of rotatable bonds is 3. The first-order chi connectivity index (χ1) is 7.06. The zero-order chi connectivity index (χ0) is 11.3. The SMILES string of the molecule is CC#CC(=O)NCCN1CCCS1(=O)=O. The van der Waals surface area contributed by atoms with Gasteiger partial charge in [-0.3, -0.25) is 4.79 Å². The third kappa shape index (κ3) is 3.53. The first kappa shape index (κ1) is 12.0. The van der Waals surface area contributed by atoms with E-state index in [9.17, 15) is 13.2 Å². The molecule has 0 atom stereocenters. The molecule has 0 aromatic heterocycles. The smallest absolute Gasteiger partial charge is 0.295 e. The molecule has 0 aliphatic carbocycles. The van der Waals surface area contributed by atoms with Crippen molar-refractivity contribution in [1.29, 1.82) is 0 Å². The maximum absolute atomic E-state index is 11.3. The van der Waals surface area contributed by atoms with Gasteiger partial charge >= 0.3 is 0 Å². The van der Waals surface area contributed by atoms with Crippen LogP contribution in [0.5, 0.6) is 0 Å². The number of amides is 1. The van der Waals surface area contributed by atoms with Crippen molar-refractivity contribution in [2.24, 2.45) is 0 Å². The largest absolute Gasteiger partial charge is 0.344 e. The van der Waals surface area contributed by atoms with Crippen LogP contribution < -0.4 is 5.32 Å². The normalized spacial score (nSPS) is 19.3. The molecule has 0 aromatic rings. The highest BCUT2D eigenvalue weighted by Crippen LogP contribution is 2.11. The van der Waals surface area contributed by atoms with Crippen LogP contribution in [0.2, 0.25) is 0 Å². The van der Waals surface area contributed by atoms with Gasteiger partial charge in [-0.25, -0.2) is 12.7 Å². The lowest BCUT2D eigenvalue weighted by Gasteiger charge is -2.13. The lowest BCUT2D eigenvalue weighted by molar-refractivity contribution is -0.115. The second kappa shape index (κ2) is 5.14. The van der Waals surface area contributed by atoms with Crippen molar-refractivity contribution in [3.05, 3.63) is 0 Å². The van der Waals surface area contributed by atoms with Crippen LogP contribution >= 0.6 is 0 Å². The van der Waals surface area contributed by atoms with Crippen molar-refractivity contribution >= 4 is 15.9 Å². The molecule has 5 nitrogen and oxygen atoms in total. The number of nitrogens with zero attached hydrogens (tertiary/aromatic N) is 1. The van der Waals surface area contributed by atoms with Gasteiger partial charge in [-0.2, -0.15) is 0 Å². The molecule has 0 saturated carbocycles. The molecule has 1 heterocycles. The summed E-state index contributed by atoms with van der Waals surface area (Å²) in [6, 6.07) is 0. The molecule has 84 valence electrons. The summed E-state index contributed by atoms with van der Waals surface area (Å²) < 4.78 is 24.1. The van der Waals surface area contributed by atoms with Crippen molar-refractivity contribution < 1.29 is 13.2 Å². The Balaban J connectivity index is 2.31. The third-order valence-corrected chi connectivity index (χ3v) is 4.05.